The van der Waals surface area contributed by atoms with Gasteiger partial charge in [0.05, 0.1) is 17.3 Å². The summed E-state index contributed by atoms with van der Waals surface area (Å²) in [6, 6.07) is 17.5. The maximum atomic E-state index is 12.8. The topological polar surface area (TPSA) is 40.6 Å². The van der Waals surface area contributed by atoms with Crippen molar-refractivity contribution >= 4 is 29.8 Å². The summed E-state index contributed by atoms with van der Waals surface area (Å²) >= 11 is 0. The van der Waals surface area contributed by atoms with Crippen molar-refractivity contribution in [3.63, 3.8) is 0 Å². The van der Waals surface area contributed by atoms with Crippen molar-refractivity contribution in [3.8, 4) is 0 Å². The van der Waals surface area contributed by atoms with Crippen LogP contribution in [0.15, 0.2) is 60.7 Å². The number of carbonyl (C=O) groups is 2. The number of amides is 2. The molecule has 1 heterocycles. The molecule has 0 aliphatic carbocycles. The highest BCUT2D eigenvalue weighted by Gasteiger charge is 2.30. The minimum atomic E-state index is -0.243. The molecule has 0 aromatic heterocycles. The average molecular weight is 320 g/mol. The molecule has 1 aliphatic heterocycles. The Morgan fingerprint density at radius 1 is 1.04 bits per heavy atom. The van der Waals surface area contributed by atoms with Gasteiger partial charge in [-0.2, -0.15) is 0 Å². The first-order valence-corrected chi connectivity index (χ1v) is 8.04. The van der Waals surface area contributed by atoms with Gasteiger partial charge in [-0.1, -0.05) is 61.5 Å². The van der Waals surface area contributed by atoms with E-state index in [9.17, 15) is 9.59 Å². The number of rotatable bonds is 4. The molecular weight excluding hydrogens is 300 g/mol. The van der Waals surface area contributed by atoms with Crippen LogP contribution in [0.3, 0.4) is 0 Å². The van der Waals surface area contributed by atoms with Crippen molar-refractivity contribution in [3.05, 3.63) is 66.2 Å². The second kappa shape index (κ2) is 7.13. The van der Waals surface area contributed by atoms with Gasteiger partial charge in [0.25, 0.3) is 0 Å². The normalized spacial score (nSPS) is 17.7. The van der Waals surface area contributed by atoms with Gasteiger partial charge in [0.1, 0.15) is 0 Å². The lowest BCUT2D eigenvalue weighted by atomic mass is 10.1. The Bertz CT molecular complexity index is 755. The summed E-state index contributed by atoms with van der Waals surface area (Å²) in [5.41, 5.74) is 2.64. The summed E-state index contributed by atoms with van der Waals surface area (Å²) in [6.45, 7) is 2.73. The molecule has 4 heteroatoms. The van der Waals surface area contributed by atoms with E-state index in [4.69, 9.17) is 0 Å². The van der Waals surface area contributed by atoms with Crippen molar-refractivity contribution in [1.82, 2.24) is 0 Å². The number of benzene rings is 2. The third-order valence-electron chi connectivity index (χ3n) is 4.17. The molecular formula is C20H20N2O2. The fraction of sp³-hybridized carbons (Fsp3) is 0.200. The molecule has 24 heavy (non-hydrogen) atoms. The van der Waals surface area contributed by atoms with E-state index in [-0.39, 0.29) is 11.8 Å². The zero-order valence-electron chi connectivity index (χ0n) is 13.6. The molecule has 2 amide bonds. The van der Waals surface area contributed by atoms with E-state index >= 15 is 0 Å². The summed E-state index contributed by atoms with van der Waals surface area (Å²) in [5.74, 6) is -0.211. The molecule has 0 spiro atoms. The predicted octanol–water partition coefficient (Wildman–Crippen LogP) is 3.35. The molecule has 0 radical (unpaired) electrons. The number of hydrogen-bond donors (Lipinski definition) is 0. The number of hydrogen-bond acceptors (Lipinski definition) is 2. The zero-order valence-corrected chi connectivity index (χ0v) is 13.6. The Labute approximate surface area is 142 Å². The van der Waals surface area contributed by atoms with Gasteiger partial charge in [0.15, 0.2) is 0 Å². The lowest BCUT2D eigenvalue weighted by molar-refractivity contribution is -0.121. The molecule has 1 aliphatic rings. The number of fused-ring (bicyclic) bond motifs is 1. The van der Waals surface area contributed by atoms with Crippen LogP contribution in [0.25, 0.3) is 6.08 Å². The lowest BCUT2D eigenvalue weighted by Gasteiger charge is -2.23. The van der Waals surface area contributed by atoms with E-state index in [1.165, 1.54) is 0 Å². The highest BCUT2D eigenvalue weighted by molar-refractivity contribution is 6.02. The molecule has 0 N–H and O–H groups in total. The zero-order chi connectivity index (χ0) is 16.9. The second-order valence-corrected chi connectivity index (χ2v) is 5.91. The molecule has 0 saturated carbocycles. The molecule has 0 fully saturated rings. The van der Waals surface area contributed by atoms with E-state index in [0.717, 1.165) is 23.3 Å². The van der Waals surface area contributed by atoms with Crippen molar-refractivity contribution in [2.24, 2.45) is 5.92 Å². The third kappa shape index (κ3) is 3.23. The Hall–Kier alpha value is -2.88. The highest BCUT2D eigenvalue weighted by atomic mass is 16.2. The summed E-state index contributed by atoms with van der Waals surface area (Å²) < 4.78 is 0. The maximum absolute atomic E-state index is 12.8. The summed E-state index contributed by atoms with van der Waals surface area (Å²) in [7, 11) is 0. The predicted molar refractivity (Wildman–Crippen MR) is 96.8 cm³/mol. The first-order valence-electron chi connectivity index (χ1n) is 8.04. The summed E-state index contributed by atoms with van der Waals surface area (Å²) in [5, 5.41) is 0. The van der Waals surface area contributed by atoms with Crippen LogP contribution in [-0.2, 0) is 9.59 Å². The molecule has 0 saturated heterocycles. The number of carbonyl (C=O) groups excluding carboxylic acids is 2. The van der Waals surface area contributed by atoms with Gasteiger partial charge in [0.2, 0.25) is 12.3 Å². The van der Waals surface area contributed by atoms with Crippen molar-refractivity contribution in [1.29, 1.82) is 0 Å². The highest BCUT2D eigenvalue weighted by Crippen LogP contribution is 2.33. The van der Waals surface area contributed by atoms with E-state index in [0.29, 0.717) is 13.1 Å². The van der Waals surface area contributed by atoms with Crippen LogP contribution < -0.4 is 9.80 Å². The summed E-state index contributed by atoms with van der Waals surface area (Å²) in [6.07, 6.45) is 4.78. The average Bonchev–Trinajstić information content (AvgIpc) is 2.72. The van der Waals surface area contributed by atoms with Crippen LogP contribution in [0.1, 0.15) is 12.5 Å². The number of para-hydroxylation sites is 2. The minimum Gasteiger partial charge on any atom is -0.312 e. The molecule has 2 aromatic carbocycles. The molecule has 2 aromatic rings. The first kappa shape index (κ1) is 16.0. The molecule has 3 rings (SSSR count). The smallest absolute Gasteiger partial charge is 0.231 e. The molecule has 1 atom stereocenters. The van der Waals surface area contributed by atoms with Crippen LogP contribution in [0, 0.1) is 5.92 Å². The monoisotopic (exact) mass is 320 g/mol. The van der Waals surface area contributed by atoms with Gasteiger partial charge in [-0.15, -0.1) is 0 Å². The fourth-order valence-corrected chi connectivity index (χ4v) is 2.94. The fourth-order valence-electron chi connectivity index (χ4n) is 2.94. The van der Waals surface area contributed by atoms with Crippen molar-refractivity contribution in [2.75, 3.05) is 22.9 Å². The molecule has 0 bridgehead atoms. The van der Waals surface area contributed by atoms with Crippen molar-refractivity contribution < 1.29 is 9.59 Å². The Morgan fingerprint density at radius 2 is 1.71 bits per heavy atom. The first-order chi connectivity index (χ1) is 11.7. The Morgan fingerprint density at radius 3 is 2.42 bits per heavy atom. The Kier molecular flexibility index (Phi) is 4.75. The molecule has 4 nitrogen and oxygen atoms in total. The third-order valence-corrected chi connectivity index (χ3v) is 4.17. The van der Waals surface area contributed by atoms with Crippen molar-refractivity contribution in [2.45, 2.75) is 6.92 Å². The van der Waals surface area contributed by atoms with Gasteiger partial charge < -0.3 is 9.80 Å². The van der Waals surface area contributed by atoms with Crippen LogP contribution >= 0.6 is 0 Å². The second-order valence-electron chi connectivity index (χ2n) is 5.91. The number of anilines is 2. The SMILES string of the molecule is C[C@@H]1CN(C=O)c2ccccc2N(C/C=C/c2ccccc2)C1=O. The van der Waals surface area contributed by atoms with Crippen LogP contribution in [0.4, 0.5) is 11.4 Å². The molecule has 0 unspecified atom stereocenters. The van der Waals surface area contributed by atoms with Gasteiger partial charge in [-0.25, -0.2) is 0 Å². The standard InChI is InChI=1S/C20H20N2O2/c1-16-14-21(15-23)18-11-5-6-12-19(18)22(20(16)24)13-7-10-17-8-3-2-4-9-17/h2-12,15-16H,13-14H2,1H3/b10-7+/t16-/m1/s1. The molecule has 122 valence electrons. The van der Waals surface area contributed by atoms with Crippen LogP contribution in [0.2, 0.25) is 0 Å². The maximum Gasteiger partial charge on any atom is 0.231 e. The Balaban J connectivity index is 1.90. The van der Waals surface area contributed by atoms with Crippen LogP contribution in [-0.4, -0.2) is 25.4 Å². The van der Waals surface area contributed by atoms with Gasteiger partial charge in [-0.3, -0.25) is 9.59 Å². The lowest BCUT2D eigenvalue weighted by Crippen LogP contribution is -2.36. The van der Waals surface area contributed by atoms with E-state index in [2.05, 4.69) is 0 Å². The van der Waals surface area contributed by atoms with Gasteiger partial charge in [0, 0.05) is 13.1 Å². The summed E-state index contributed by atoms with van der Waals surface area (Å²) in [4.78, 5) is 27.5. The van der Waals surface area contributed by atoms with E-state index in [1.54, 1.807) is 9.80 Å². The van der Waals surface area contributed by atoms with Gasteiger partial charge >= 0.3 is 0 Å². The largest absolute Gasteiger partial charge is 0.312 e. The quantitative estimate of drug-likeness (QED) is 0.811. The van der Waals surface area contributed by atoms with E-state index in [1.807, 2.05) is 73.7 Å². The van der Waals surface area contributed by atoms with Gasteiger partial charge in [-0.05, 0) is 17.7 Å². The minimum absolute atomic E-state index is 0.0320. The number of nitrogens with zero attached hydrogens (tertiary/aromatic N) is 2. The van der Waals surface area contributed by atoms with Crippen LogP contribution in [0.5, 0.6) is 0 Å². The van der Waals surface area contributed by atoms with E-state index < -0.39 is 0 Å².